The lowest BCUT2D eigenvalue weighted by Gasteiger charge is -1.96. The Labute approximate surface area is 76.0 Å². The fourth-order valence-corrected chi connectivity index (χ4v) is 1.22. The van der Waals surface area contributed by atoms with Gasteiger partial charge in [-0.3, -0.25) is 0 Å². The molecule has 1 aliphatic heterocycles. The highest BCUT2D eigenvalue weighted by Crippen LogP contribution is 2.02. The number of amides is 2. The maximum absolute atomic E-state index is 11.1. The lowest BCUT2D eigenvalue weighted by molar-refractivity contribution is -0.433. The third-order valence-corrected chi connectivity index (χ3v) is 1.87. The Balaban J connectivity index is 2.12. The van der Waals surface area contributed by atoms with Gasteiger partial charge in [0.15, 0.2) is 6.21 Å². The molecule has 0 unspecified atom stereocenters. The minimum Gasteiger partial charge on any atom is -0.193 e. The Kier molecular flexibility index (Phi) is 2.00. The Bertz CT molecular complexity index is 379. The van der Waals surface area contributed by atoms with E-state index in [1.807, 2.05) is 30.3 Å². The van der Waals surface area contributed by atoms with Crippen LogP contribution in [0.4, 0.5) is 4.79 Å². The van der Waals surface area contributed by atoms with Gasteiger partial charge in [-0.25, -0.2) is 0 Å². The lowest BCUT2D eigenvalue weighted by atomic mass is 10.2. The van der Waals surface area contributed by atoms with Crippen molar-refractivity contribution in [2.24, 2.45) is 4.99 Å². The number of carbonyl (C=O) groups excluding carboxylic acids is 1. The highest BCUT2D eigenvalue weighted by molar-refractivity contribution is 6.20. The second-order valence-electron chi connectivity index (χ2n) is 2.82. The molecule has 0 N–H and O–H groups in total. The summed E-state index contributed by atoms with van der Waals surface area (Å²) in [4.78, 5) is 14.7. The molecule has 13 heavy (non-hydrogen) atoms. The molecule has 0 fully saturated rings. The van der Waals surface area contributed by atoms with Crippen LogP contribution in [0, 0.1) is 0 Å². The topological polar surface area (TPSA) is 32.4 Å². The minimum absolute atomic E-state index is 0.191. The third kappa shape index (κ3) is 1.69. The molecule has 1 aromatic carbocycles. The summed E-state index contributed by atoms with van der Waals surface area (Å²) in [6.07, 6.45) is 3.21. The first-order valence-electron chi connectivity index (χ1n) is 4.08. The van der Waals surface area contributed by atoms with E-state index in [4.69, 9.17) is 0 Å². The first kappa shape index (κ1) is 7.86. The molecule has 3 nitrogen and oxygen atoms in total. The Hall–Kier alpha value is -1.77. The number of urea groups is 1. The monoisotopic (exact) mass is 173 g/mol. The van der Waals surface area contributed by atoms with E-state index in [1.165, 1.54) is 6.21 Å². The first-order chi connectivity index (χ1) is 6.36. The molecule has 1 heterocycles. The smallest absolute Gasteiger partial charge is 0.193 e. The van der Waals surface area contributed by atoms with E-state index in [9.17, 15) is 4.79 Å². The quantitative estimate of drug-likeness (QED) is 0.623. The SMILES string of the molecule is O=C1N=CC=[N+]1Cc1ccccc1. The van der Waals surface area contributed by atoms with Gasteiger partial charge in [-0.2, -0.15) is 9.37 Å². The maximum Gasteiger partial charge on any atom is 0.539 e. The van der Waals surface area contributed by atoms with Gasteiger partial charge in [0.05, 0.1) is 0 Å². The average Bonchev–Trinajstić information content (AvgIpc) is 2.54. The van der Waals surface area contributed by atoms with Crippen molar-refractivity contribution in [3.8, 4) is 0 Å². The zero-order chi connectivity index (χ0) is 9.10. The van der Waals surface area contributed by atoms with Gasteiger partial charge in [-0.15, -0.1) is 0 Å². The Morgan fingerprint density at radius 3 is 2.62 bits per heavy atom. The van der Waals surface area contributed by atoms with Crippen molar-refractivity contribution in [2.75, 3.05) is 0 Å². The van der Waals surface area contributed by atoms with E-state index in [1.54, 1.807) is 10.8 Å². The van der Waals surface area contributed by atoms with Crippen LogP contribution in [0.3, 0.4) is 0 Å². The van der Waals surface area contributed by atoms with E-state index in [2.05, 4.69) is 4.99 Å². The van der Waals surface area contributed by atoms with Gasteiger partial charge in [-0.05, 0) is 10.6 Å². The molecular formula is C10H9N2O+. The van der Waals surface area contributed by atoms with Gasteiger partial charge in [0.2, 0.25) is 0 Å². The van der Waals surface area contributed by atoms with E-state index >= 15 is 0 Å². The second-order valence-corrected chi connectivity index (χ2v) is 2.82. The standard InChI is InChI=1S/C10H9N2O/c13-10-11-6-7-12(10)8-9-4-2-1-3-5-9/h1-7H,8H2/q+1. The zero-order valence-electron chi connectivity index (χ0n) is 7.05. The molecule has 2 rings (SSSR count). The van der Waals surface area contributed by atoms with Crippen LogP contribution in [0.5, 0.6) is 0 Å². The van der Waals surface area contributed by atoms with E-state index in [0.29, 0.717) is 6.54 Å². The number of rotatable bonds is 2. The normalized spacial score (nSPS) is 14.8. The zero-order valence-corrected chi connectivity index (χ0v) is 7.05. The van der Waals surface area contributed by atoms with E-state index < -0.39 is 0 Å². The molecule has 0 aromatic heterocycles. The van der Waals surface area contributed by atoms with E-state index in [0.717, 1.165) is 5.56 Å². The maximum atomic E-state index is 11.1. The molecule has 0 aliphatic carbocycles. The van der Waals surface area contributed by atoms with Crippen molar-refractivity contribution in [2.45, 2.75) is 6.54 Å². The number of nitrogens with zero attached hydrogens (tertiary/aromatic N) is 2. The molecule has 1 aromatic rings. The van der Waals surface area contributed by atoms with Crippen LogP contribution < -0.4 is 0 Å². The van der Waals surface area contributed by atoms with Crippen LogP contribution in [0.1, 0.15) is 5.56 Å². The Morgan fingerprint density at radius 2 is 2.00 bits per heavy atom. The molecule has 64 valence electrons. The summed E-state index contributed by atoms with van der Waals surface area (Å²) in [5, 5.41) is 0. The van der Waals surface area contributed by atoms with Crippen LogP contribution >= 0.6 is 0 Å². The van der Waals surface area contributed by atoms with Crippen molar-refractivity contribution < 1.29 is 9.37 Å². The van der Waals surface area contributed by atoms with Gasteiger partial charge in [-0.1, -0.05) is 30.3 Å². The molecule has 0 radical (unpaired) electrons. The third-order valence-electron chi connectivity index (χ3n) is 1.87. The number of aliphatic imine (C=N–C) groups is 1. The summed E-state index contributed by atoms with van der Waals surface area (Å²) >= 11 is 0. The molecule has 2 amide bonds. The molecular weight excluding hydrogens is 164 g/mol. The lowest BCUT2D eigenvalue weighted by Crippen LogP contribution is -2.13. The fourth-order valence-electron chi connectivity index (χ4n) is 1.22. The van der Waals surface area contributed by atoms with Crippen molar-refractivity contribution >= 4 is 18.5 Å². The van der Waals surface area contributed by atoms with Crippen LogP contribution in [0.15, 0.2) is 35.3 Å². The van der Waals surface area contributed by atoms with Crippen LogP contribution in [0.2, 0.25) is 0 Å². The van der Waals surface area contributed by atoms with Crippen molar-refractivity contribution in [3.63, 3.8) is 0 Å². The number of benzene rings is 1. The van der Waals surface area contributed by atoms with Gasteiger partial charge in [0, 0.05) is 0 Å². The summed E-state index contributed by atoms with van der Waals surface area (Å²) in [6, 6.07) is 9.64. The number of hydrogen-bond acceptors (Lipinski definition) is 1. The predicted octanol–water partition coefficient (Wildman–Crippen LogP) is 1.47. The molecule has 0 saturated carbocycles. The molecule has 0 atom stereocenters. The van der Waals surface area contributed by atoms with Crippen molar-refractivity contribution in [1.82, 2.24) is 0 Å². The van der Waals surface area contributed by atoms with Crippen molar-refractivity contribution in [3.05, 3.63) is 35.9 Å². The largest absolute Gasteiger partial charge is 0.539 e. The van der Waals surface area contributed by atoms with E-state index in [-0.39, 0.29) is 6.03 Å². The van der Waals surface area contributed by atoms with Crippen LogP contribution in [0.25, 0.3) is 0 Å². The summed E-state index contributed by atoms with van der Waals surface area (Å²) in [6.45, 7) is 0.597. The summed E-state index contributed by atoms with van der Waals surface area (Å²) < 4.78 is 1.58. The molecule has 0 spiro atoms. The van der Waals surface area contributed by atoms with Crippen LogP contribution in [-0.2, 0) is 6.54 Å². The Morgan fingerprint density at radius 1 is 1.23 bits per heavy atom. The van der Waals surface area contributed by atoms with Gasteiger partial charge < -0.3 is 0 Å². The highest BCUT2D eigenvalue weighted by atomic mass is 16.2. The van der Waals surface area contributed by atoms with Crippen molar-refractivity contribution in [1.29, 1.82) is 0 Å². The molecule has 0 saturated heterocycles. The molecule has 1 aliphatic rings. The fraction of sp³-hybridized carbons (Fsp3) is 0.100. The summed E-state index contributed by atoms with van der Waals surface area (Å²) in [7, 11) is 0. The second kappa shape index (κ2) is 3.31. The average molecular weight is 173 g/mol. The van der Waals surface area contributed by atoms with Gasteiger partial charge in [0.25, 0.3) is 0 Å². The minimum atomic E-state index is -0.191. The van der Waals surface area contributed by atoms with Gasteiger partial charge in [0.1, 0.15) is 12.8 Å². The summed E-state index contributed by atoms with van der Waals surface area (Å²) in [5.74, 6) is 0. The number of hydrogen-bond donors (Lipinski definition) is 0. The summed E-state index contributed by atoms with van der Waals surface area (Å²) in [5.41, 5.74) is 1.11. The van der Waals surface area contributed by atoms with Gasteiger partial charge >= 0.3 is 6.03 Å². The predicted molar refractivity (Wildman–Crippen MR) is 50.4 cm³/mol. The van der Waals surface area contributed by atoms with Crippen LogP contribution in [-0.4, -0.2) is 23.0 Å². The first-order valence-corrected chi connectivity index (χ1v) is 4.08. The number of carbonyl (C=O) groups is 1. The highest BCUT2D eigenvalue weighted by Gasteiger charge is 2.19. The molecule has 0 bridgehead atoms. The molecule has 3 heteroatoms.